The Hall–Kier alpha value is -1.38. The molecule has 0 aromatic rings. The second-order valence-corrected chi connectivity index (χ2v) is 5.03. The number of carbonyl (C=O) groups excluding carboxylic acids is 2. The summed E-state index contributed by atoms with van der Waals surface area (Å²) in [5.41, 5.74) is -0.569. The molecule has 0 saturated carbocycles. The number of imide groups is 1. The van der Waals surface area contributed by atoms with Crippen molar-refractivity contribution in [3.8, 4) is 0 Å². The number of nitrogens with zero attached hydrogens (tertiary/aromatic N) is 1. The molecule has 16 heavy (non-hydrogen) atoms. The monoisotopic (exact) mass is 219 g/mol. The molecule has 2 rings (SSSR count). The van der Waals surface area contributed by atoms with Crippen LogP contribution in [-0.2, 0) is 9.59 Å². The minimum Gasteiger partial charge on any atom is -0.282 e. The normalized spacial score (nSPS) is 28.8. The van der Waals surface area contributed by atoms with E-state index in [1.165, 1.54) is 4.90 Å². The average Bonchev–Trinajstić information content (AvgIpc) is 2.44. The molecule has 2 amide bonds. The maximum absolute atomic E-state index is 12.2. The van der Waals surface area contributed by atoms with Crippen molar-refractivity contribution >= 4 is 11.8 Å². The van der Waals surface area contributed by atoms with Crippen LogP contribution in [-0.4, -0.2) is 23.3 Å². The van der Waals surface area contributed by atoms with Crippen molar-refractivity contribution in [1.29, 1.82) is 0 Å². The Balaban J connectivity index is 2.22. The van der Waals surface area contributed by atoms with Gasteiger partial charge in [-0.2, -0.15) is 0 Å². The molecule has 1 aliphatic heterocycles. The lowest BCUT2D eigenvalue weighted by atomic mass is 9.80. The first-order chi connectivity index (χ1) is 7.55. The molecule has 3 heteroatoms. The van der Waals surface area contributed by atoms with E-state index in [-0.39, 0.29) is 11.8 Å². The third-order valence-electron chi connectivity index (χ3n) is 3.13. The lowest BCUT2D eigenvalue weighted by Gasteiger charge is -2.24. The molecule has 0 radical (unpaired) electrons. The second-order valence-electron chi connectivity index (χ2n) is 5.03. The van der Waals surface area contributed by atoms with Gasteiger partial charge in [-0.1, -0.05) is 38.2 Å². The minimum atomic E-state index is -0.569. The Kier molecular flexibility index (Phi) is 2.70. The van der Waals surface area contributed by atoms with Gasteiger partial charge in [-0.25, -0.2) is 0 Å². The zero-order valence-electron chi connectivity index (χ0n) is 9.77. The Morgan fingerprint density at radius 1 is 1.38 bits per heavy atom. The third kappa shape index (κ3) is 1.70. The van der Waals surface area contributed by atoms with Crippen molar-refractivity contribution < 1.29 is 9.59 Å². The van der Waals surface area contributed by atoms with Crippen LogP contribution in [0.1, 0.15) is 26.7 Å². The van der Waals surface area contributed by atoms with Crippen LogP contribution < -0.4 is 0 Å². The lowest BCUT2D eigenvalue weighted by Crippen LogP contribution is -2.37. The van der Waals surface area contributed by atoms with Crippen LogP contribution in [0.25, 0.3) is 0 Å². The van der Waals surface area contributed by atoms with Crippen LogP contribution in [0.4, 0.5) is 0 Å². The number of hydrogen-bond acceptors (Lipinski definition) is 2. The van der Waals surface area contributed by atoms with Gasteiger partial charge in [-0.15, -0.1) is 0 Å². The van der Waals surface area contributed by atoms with Crippen molar-refractivity contribution in [2.24, 2.45) is 11.3 Å². The van der Waals surface area contributed by atoms with Crippen molar-refractivity contribution in [3.63, 3.8) is 0 Å². The maximum atomic E-state index is 12.2. The molecular weight excluding hydrogens is 202 g/mol. The first-order valence-electron chi connectivity index (χ1n) is 5.74. The fourth-order valence-electron chi connectivity index (χ4n) is 2.33. The molecule has 0 aromatic heterocycles. The molecule has 0 N–H and O–H groups in total. The smallest absolute Gasteiger partial charge is 0.240 e. The molecule has 0 aromatic carbocycles. The van der Waals surface area contributed by atoms with Crippen LogP contribution in [0, 0.1) is 11.3 Å². The quantitative estimate of drug-likeness (QED) is 0.665. The summed E-state index contributed by atoms with van der Waals surface area (Å²) >= 11 is 0. The van der Waals surface area contributed by atoms with Gasteiger partial charge in [0.2, 0.25) is 11.8 Å². The summed E-state index contributed by atoms with van der Waals surface area (Å²) in [5, 5.41) is 0. The van der Waals surface area contributed by atoms with E-state index in [0.29, 0.717) is 25.3 Å². The summed E-state index contributed by atoms with van der Waals surface area (Å²) in [4.78, 5) is 25.5. The van der Waals surface area contributed by atoms with Gasteiger partial charge in [0.15, 0.2) is 0 Å². The Labute approximate surface area is 95.8 Å². The Morgan fingerprint density at radius 3 is 2.69 bits per heavy atom. The zero-order chi connectivity index (χ0) is 11.8. The molecule has 1 fully saturated rings. The summed E-state index contributed by atoms with van der Waals surface area (Å²) in [5.74, 6) is 0.275. The van der Waals surface area contributed by atoms with Gasteiger partial charge in [-0.05, 0) is 12.3 Å². The summed E-state index contributed by atoms with van der Waals surface area (Å²) in [6, 6.07) is 0. The van der Waals surface area contributed by atoms with Crippen LogP contribution in [0.2, 0.25) is 0 Å². The molecule has 1 saturated heterocycles. The summed E-state index contributed by atoms with van der Waals surface area (Å²) < 4.78 is 0. The highest BCUT2D eigenvalue weighted by molar-refractivity contribution is 6.07. The molecule has 3 nitrogen and oxygen atoms in total. The molecule has 1 aliphatic carbocycles. The van der Waals surface area contributed by atoms with Gasteiger partial charge in [-0.3, -0.25) is 14.5 Å². The fraction of sp³-hybridized carbons (Fsp3) is 0.538. The average molecular weight is 219 g/mol. The first kappa shape index (κ1) is 11.1. The van der Waals surface area contributed by atoms with E-state index >= 15 is 0 Å². The van der Waals surface area contributed by atoms with E-state index in [0.717, 1.165) is 0 Å². The summed E-state index contributed by atoms with van der Waals surface area (Å²) in [7, 11) is 0. The number of amides is 2. The van der Waals surface area contributed by atoms with Gasteiger partial charge in [0.05, 0.1) is 5.41 Å². The van der Waals surface area contributed by atoms with Crippen molar-refractivity contribution in [3.05, 3.63) is 24.3 Å². The SMILES string of the molecule is CC(C)CN1C(=O)CC2(C=CC=CC2)C1=O. The fourth-order valence-corrected chi connectivity index (χ4v) is 2.33. The molecule has 1 unspecified atom stereocenters. The van der Waals surface area contributed by atoms with E-state index in [2.05, 4.69) is 0 Å². The third-order valence-corrected chi connectivity index (χ3v) is 3.13. The number of rotatable bonds is 2. The second kappa shape index (κ2) is 3.89. The van der Waals surface area contributed by atoms with Gasteiger partial charge in [0.1, 0.15) is 0 Å². The van der Waals surface area contributed by atoms with Crippen molar-refractivity contribution in [2.75, 3.05) is 6.54 Å². The molecule has 1 atom stereocenters. The number of likely N-dealkylation sites (tertiary alicyclic amines) is 1. The van der Waals surface area contributed by atoms with Crippen LogP contribution in [0.15, 0.2) is 24.3 Å². The number of carbonyl (C=O) groups is 2. The van der Waals surface area contributed by atoms with E-state index in [4.69, 9.17) is 0 Å². The van der Waals surface area contributed by atoms with Gasteiger partial charge in [0, 0.05) is 13.0 Å². The minimum absolute atomic E-state index is 0.0215. The van der Waals surface area contributed by atoms with E-state index in [1.54, 1.807) is 0 Å². The largest absolute Gasteiger partial charge is 0.282 e. The highest BCUT2D eigenvalue weighted by Gasteiger charge is 2.49. The highest BCUT2D eigenvalue weighted by atomic mass is 16.2. The molecule has 0 bridgehead atoms. The topological polar surface area (TPSA) is 37.4 Å². The zero-order valence-corrected chi connectivity index (χ0v) is 9.77. The predicted octanol–water partition coefficient (Wildman–Crippen LogP) is 1.90. The Morgan fingerprint density at radius 2 is 2.12 bits per heavy atom. The maximum Gasteiger partial charge on any atom is 0.240 e. The van der Waals surface area contributed by atoms with Crippen molar-refractivity contribution in [2.45, 2.75) is 26.7 Å². The lowest BCUT2D eigenvalue weighted by molar-refractivity contribution is -0.141. The van der Waals surface area contributed by atoms with Crippen molar-refractivity contribution in [1.82, 2.24) is 4.90 Å². The standard InChI is InChI=1S/C13H17NO2/c1-10(2)9-14-11(15)8-13(12(14)16)6-4-3-5-7-13/h3-6,10H,7-9H2,1-2H3. The number of allylic oxidation sites excluding steroid dienone is 3. The first-order valence-corrected chi connectivity index (χ1v) is 5.74. The molecule has 1 heterocycles. The predicted molar refractivity (Wildman–Crippen MR) is 61.5 cm³/mol. The van der Waals surface area contributed by atoms with E-state index < -0.39 is 5.41 Å². The van der Waals surface area contributed by atoms with Gasteiger partial charge < -0.3 is 0 Å². The van der Waals surface area contributed by atoms with Gasteiger partial charge in [0.25, 0.3) is 0 Å². The van der Waals surface area contributed by atoms with E-state index in [1.807, 2.05) is 38.2 Å². The van der Waals surface area contributed by atoms with Crippen LogP contribution in [0.5, 0.6) is 0 Å². The van der Waals surface area contributed by atoms with Gasteiger partial charge >= 0.3 is 0 Å². The Bertz CT molecular complexity index is 381. The highest BCUT2D eigenvalue weighted by Crippen LogP contribution is 2.39. The molecular formula is C13H17NO2. The van der Waals surface area contributed by atoms with Crippen LogP contribution in [0.3, 0.4) is 0 Å². The summed E-state index contributed by atoms with van der Waals surface area (Å²) in [6.45, 7) is 4.57. The van der Waals surface area contributed by atoms with Crippen LogP contribution >= 0.6 is 0 Å². The molecule has 86 valence electrons. The summed E-state index contributed by atoms with van der Waals surface area (Å²) in [6.07, 6.45) is 8.63. The molecule has 1 spiro atoms. The number of hydrogen-bond donors (Lipinski definition) is 0. The van der Waals surface area contributed by atoms with E-state index in [9.17, 15) is 9.59 Å². The molecule has 2 aliphatic rings.